The van der Waals surface area contributed by atoms with Crippen LogP contribution in [-0.2, 0) is 6.42 Å². The van der Waals surface area contributed by atoms with Crippen LogP contribution in [-0.4, -0.2) is 6.61 Å². The molecule has 0 aliphatic rings. The Hall–Kier alpha value is -0.980. The molecule has 0 saturated heterocycles. The van der Waals surface area contributed by atoms with Crippen LogP contribution in [0.2, 0.25) is 0 Å². The molecule has 1 aromatic carbocycles. The van der Waals surface area contributed by atoms with Crippen LogP contribution < -0.4 is 4.74 Å². The lowest BCUT2D eigenvalue weighted by atomic mass is 10.00. The molecule has 0 atom stereocenters. The van der Waals surface area contributed by atoms with Gasteiger partial charge in [0.1, 0.15) is 5.75 Å². The summed E-state index contributed by atoms with van der Waals surface area (Å²) in [6.07, 6.45) is 21.2. The summed E-state index contributed by atoms with van der Waals surface area (Å²) in [5, 5.41) is 0. The molecule has 0 radical (unpaired) electrons. The molecule has 1 nitrogen and oxygen atoms in total. The fraction of sp³-hybridized carbons (Fsp3) is 0.769. The van der Waals surface area contributed by atoms with Crippen molar-refractivity contribution in [3.8, 4) is 5.75 Å². The number of benzene rings is 1. The number of ether oxygens (including phenoxy) is 1. The van der Waals surface area contributed by atoms with E-state index in [1.54, 1.807) is 0 Å². The van der Waals surface area contributed by atoms with E-state index < -0.39 is 0 Å². The first-order valence-corrected chi connectivity index (χ1v) is 11.9. The molecule has 0 unspecified atom stereocenters. The van der Waals surface area contributed by atoms with Crippen LogP contribution in [0.5, 0.6) is 5.75 Å². The zero-order valence-corrected chi connectivity index (χ0v) is 18.9. The SMILES string of the molecule is CCCCCCCCCCCCCCCCc1cc(C)c(OCC)c(C)c1. The van der Waals surface area contributed by atoms with E-state index in [0.29, 0.717) is 0 Å². The first-order valence-electron chi connectivity index (χ1n) is 11.9. The van der Waals surface area contributed by atoms with Gasteiger partial charge in [0, 0.05) is 0 Å². The van der Waals surface area contributed by atoms with Crippen molar-refractivity contribution in [3.63, 3.8) is 0 Å². The summed E-state index contributed by atoms with van der Waals surface area (Å²) in [6.45, 7) is 9.45. The Kier molecular flexibility index (Phi) is 14.3. The van der Waals surface area contributed by atoms with Gasteiger partial charge in [-0.25, -0.2) is 0 Å². The van der Waals surface area contributed by atoms with Crippen molar-refractivity contribution in [3.05, 3.63) is 28.8 Å². The van der Waals surface area contributed by atoms with Gasteiger partial charge in [0.2, 0.25) is 0 Å². The molecule has 0 bridgehead atoms. The van der Waals surface area contributed by atoms with E-state index in [4.69, 9.17) is 4.74 Å². The molecule has 0 aromatic heterocycles. The van der Waals surface area contributed by atoms with Gasteiger partial charge >= 0.3 is 0 Å². The lowest BCUT2D eigenvalue weighted by molar-refractivity contribution is 0.335. The van der Waals surface area contributed by atoms with Crippen molar-refractivity contribution in [2.24, 2.45) is 0 Å². The van der Waals surface area contributed by atoms with Crippen molar-refractivity contribution >= 4 is 0 Å². The Morgan fingerprint density at radius 2 is 1.00 bits per heavy atom. The van der Waals surface area contributed by atoms with Crippen LogP contribution in [0.25, 0.3) is 0 Å². The Bertz CT molecular complexity index is 454. The molecule has 0 heterocycles. The molecule has 156 valence electrons. The van der Waals surface area contributed by atoms with Gasteiger partial charge in [0.05, 0.1) is 6.61 Å². The molecular formula is C26H46O. The minimum Gasteiger partial charge on any atom is -0.493 e. The lowest BCUT2D eigenvalue weighted by Gasteiger charge is -2.13. The average molecular weight is 375 g/mol. The van der Waals surface area contributed by atoms with E-state index in [9.17, 15) is 0 Å². The van der Waals surface area contributed by atoms with Crippen LogP contribution in [0, 0.1) is 13.8 Å². The highest BCUT2D eigenvalue weighted by atomic mass is 16.5. The van der Waals surface area contributed by atoms with Gasteiger partial charge in [-0.1, -0.05) is 103 Å². The van der Waals surface area contributed by atoms with E-state index in [0.717, 1.165) is 12.4 Å². The smallest absolute Gasteiger partial charge is 0.125 e. The summed E-state index contributed by atoms with van der Waals surface area (Å²) in [5.41, 5.74) is 4.06. The van der Waals surface area contributed by atoms with Crippen molar-refractivity contribution in [1.29, 1.82) is 0 Å². The van der Waals surface area contributed by atoms with E-state index in [1.165, 1.54) is 113 Å². The van der Waals surface area contributed by atoms with Crippen molar-refractivity contribution in [1.82, 2.24) is 0 Å². The number of unbranched alkanes of at least 4 members (excludes halogenated alkanes) is 13. The van der Waals surface area contributed by atoms with Crippen LogP contribution in [0.3, 0.4) is 0 Å². The standard InChI is InChI=1S/C26H46O/c1-5-7-8-9-10-11-12-13-14-15-16-17-18-19-20-25-21-23(3)26(27-6-2)24(4)22-25/h21-22H,5-20H2,1-4H3. The van der Waals surface area contributed by atoms with Gasteiger partial charge in [-0.15, -0.1) is 0 Å². The number of hydrogen-bond donors (Lipinski definition) is 0. The molecule has 27 heavy (non-hydrogen) atoms. The van der Waals surface area contributed by atoms with Gasteiger partial charge in [0.15, 0.2) is 0 Å². The van der Waals surface area contributed by atoms with Gasteiger partial charge in [-0.2, -0.15) is 0 Å². The first kappa shape index (κ1) is 24.1. The molecule has 1 aromatic rings. The van der Waals surface area contributed by atoms with Crippen LogP contribution in [0.4, 0.5) is 0 Å². The minimum atomic E-state index is 0.750. The quantitative estimate of drug-likeness (QED) is 0.248. The molecule has 0 spiro atoms. The van der Waals surface area contributed by atoms with E-state index >= 15 is 0 Å². The molecule has 1 rings (SSSR count). The molecule has 0 fully saturated rings. The monoisotopic (exact) mass is 374 g/mol. The highest BCUT2D eigenvalue weighted by Crippen LogP contribution is 2.25. The summed E-state index contributed by atoms with van der Waals surface area (Å²) in [7, 11) is 0. The summed E-state index contributed by atoms with van der Waals surface area (Å²) in [5.74, 6) is 1.09. The topological polar surface area (TPSA) is 9.23 Å². The predicted molar refractivity (Wildman–Crippen MR) is 121 cm³/mol. The van der Waals surface area contributed by atoms with E-state index in [1.807, 2.05) is 0 Å². The Morgan fingerprint density at radius 3 is 1.41 bits per heavy atom. The fourth-order valence-electron chi connectivity index (χ4n) is 4.08. The van der Waals surface area contributed by atoms with Crippen molar-refractivity contribution in [2.75, 3.05) is 6.61 Å². The maximum Gasteiger partial charge on any atom is 0.125 e. The highest BCUT2D eigenvalue weighted by Gasteiger charge is 2.06. The number of rotatable bonds is 17. The largest absolute Gasteiger partial charge is 0.493 e. The summed E-state index contributed by atoms with van der Waals surface area (Å²) >= 11 is 0. The average Bonchev–Trinajstić information content (AvgIpc) is 2.65. The second-order valence-corrected chi connectivity index (χ2v) is 8.34. The van der Waals surface area contributed by atoms with Crippen LogP contribution in [0.15, 0.2) is 12.1 Å². The van der Waals surface area contributed by atoms with Gasteiger partial charge in [-0.05, 0) is 50.3 Å². The number of aryl methyl sites for hydroxylation is 3. The third-order valence-corrected chi connectivity index (χ3v) is 5.63. The van der Waals surface area contributed by atoms with Crippen molar-refractivity contribution in [2.45, 2.75) is 124 Å². The van der Waals surface area contributed by atoms with E-state index in [2.05, 4.69) is 39.8 Å². The highest BCUT2D eigenvalue weighted by molar-refractivity contribution is 5.43. The summed E-state index contributed by atoms with van der Waals surface area (Å²) < 4.78 is 5.75. The zero-order valence-electron chi connectivity index (χ0n) is 18.9. The molecule has 0 aliphatic heterocycles. The summed E-state index contributed by atoms with van der Waals surface area (Å²) in [4.78, 5) is 0. The Balaban J connectivity index is 1.97. The summed E-state index contributed by atoms with van der Waals surface area (Å²) in [6, 6.07) is 4.64. The number of hydrogen-bond acceptors (Lipinski definition) is 1. The predicted octanol–water partition coefficient (Wildman–Crippen LogP) is 8.73. The zero-order chi connectivity index (χ0) is 19.7. The first-order chi connectivity index (χ1) is 13.2. The maximum atomic E-state index is 5.75. The molecule has 0 saturated carbocycles. The van der Waals surface area contributed by atoms with Gasteiger partial charge < -0.3 is 4.74 Å². The minimum absolute atomic E-state index is 0.750. The third-order valence-electron chi connectivity index (χ3n) is 5.63. The molecule has 1 heteroatoms. The lowest BCUT2D eigenvalue weighted by Crippen LogP contribution is -1.98. The van der Waals surface area contributed by atoms with Crippen molar-refractivity contribution < 1.29 is 4.74 Å². The van der Waals surface area contributed by atoms with Gasteiger partial charge in [0.25, 0.3) is 0 Å². The molecule has 0 aliphatic carbocycles. The fourth-order valence-corrected chi connectivity index (χ4v) is 4.08. The second-order valence-electron chi connectivity index (χ2n) is 8.34. The second kappa shape index (κ2) is 16.0. The third kappa shape index (κ3) is 11.5. The van der Waals surface area contributed by atoms with Gasteiger partial charge in [-0.3, -0.25) is 0 Å². The molecule has 0 amide bonds. The Morgan fingerprint density at radius 1 is 0.593 bits per heavy atom. The molecule has 0 N–H and O–H groups in total. The van der Waals surface area contributed by atoms with Crippen LogP contribution in [0.1, 0.15) is 120 Å². The van der Waals surface area contributed by atoms with Crippen LogP contribution >= 0.6 is 0 Å². The normalized spacial score (nSPS) is 11.1. The molecular weight excluding hydrogens is 328 g/mol. The maximum absolute atomic E-state index is 5.75. The Labute approximate surface area is 170 Å². The van der Waals surface area contributed by atoms with E-state index in [-0.39, 0.29) is 0 Å².